The molecule has 1 aromatic carbocycles. The third-order valence-electron chi connectivity index (χ3n) is 4.26. The third-order valence-corrected chi connectivity index (χ3v) is 4.51. The molecule has 1 saturated carbocycles. The van der Waals surface area contributed by atoms with Crippen LogP contribution >= 0.6 is 11.6 Å². The second kappa shape index (κ2) is 7.78. The van der Waals surface area contributed by atoms with Crippen molar-refractivity contribution >= 4 is 23.2 Å². The lowest BCUT2D eigenvalue weighted by molar-refractivity contribution is -0.117. The van der Waals surface area contributed by atoms with E-state index in [4.69, 9.17) is 17.3 Å². The van der Waals surface area contributed by atoms with Gasteiger partial charge in [0.15, 0.2) is 0 Å². The van der Waals surface area contributed by atoms with Gasteiger partial charge in [-0.2, -0.15) is 0 Å². The molecule has 0 aromatic heterocycles. The highest BCUT2D eigenvalue weighted by atomic mass is 35.5. The SMILES string of the molecule is CN(CC(=O)Nc1ccc(Cl)cc1)C1CCCCC1CN. The average Bonchev–Trinajstić information content (AvgIpc) is 2.49. The summed E-state index contributed by atoms with van der Waals surface area (Å²) in [5.74, 6) is 0.508. The summed E-state index contributed by atoms with van der Waals surface area (Å²) >= 11 is 5.83. The number of carbonyl (C=O) groups is 1. The lowest BCUT2D eigenvalue weighted by Gasteiger charge is -2.37. The number of nitrogens with zero attached hydrogens (tertiary/aromatic N) is 1. The molecule has 2 unspecified atom stereocenters. The molecule has 1 aliphatic carbocycles. The molecule has 3 N–H and O–H groups in total. The van der Waals surface area contributed by atoms with E-state index in [0.29, 0.717) is 30.1 Å². The van der Waals surface area contributed by atoms with Gasteiger partial charge in [0.05, 0.1) is 6.54 Å². The second-order valence-corrected chi connectivity index (χ2v) is 6.25. The first-order chi connectivity index (χ1) is 10.1. The first-order valence-corrected chi connectivity index (χ1v) is 7.93. The van der Waals surface area contributed by atoms with Gasteiger partial charge in [0.1, 0.15) is 0 Å². The van der Waals surface area contributed by atoms with Crippen molar-refractivity contribution in [3.8, 4) is 0 Å². The maximum absolute atomic E-state index is 12.1. The van der Waals surface area contributed by atoms with Crippen molar-refractivity contribution in [3.63, 3.8) is 0 Å². The Hall–Kier alpha value is -1.10. The van der Waals surface area contributed by atoms with Crippen LogP contribution in [0, 0.1) is 5.92 Å². The van der Waals surface area contributed by atoms with Crippen molar-refractivity contribution in [2.45, 2.75) is 31.7 Å². The van der Waals surface area contributed by atoms with E-state index < -0.39 is 0 Å². The molecule has 5 heteroatoms. The highest BCUT2D eigenvalue weighted by molar-refractivity contribution is 6.30. The second-order valence-electron chi connectivity index (χ2n) is 5.82. The Bertz CT molecular complexity index is 463. The summed E-state index contributed by atoms with van der Waals surface area (Å²) < 4.78 is 0. The molecule has 116 valence electrons. The highest BCUT2D eigenvalue weighted by Gasteiger charge is 2.28. The molecule has 1 amide bonds. The van der Waals surface area contributed by atoms with Gasteiger partial charge in [-0.05, 0) is 56.6 Å². The number of hydrogen-bond donors (Lipinski definition) is 2. The lowest BCUT2D eigenvalue weighted by Crippen LogP contribution is -2.45. The first-order valence-electron chi connectivity index (χ1n) is 7.56. The highest BCUT2D eigenvalue weighted by Crippen LogP contribution is 2.27. The maximum Gasteiger partial charge on any atom is 0.238 e. The molecule has 4 nitrogen and oxygen atoms in total. The van der Waals surface area contributed by atoms with Gasteiger partial charge in [-0.1, -0.05) is 24.4 Å². The van der Waals surface area contributed by atoms with E-state index in [2.05, 4.69) is 10.2 Å². The van der Waals surface area contributed by atoms with E-state index >= 15 is 0 Å². The smallest absolute Gasteiger partial charge is 0.238 e. The molecule has 1 fully saturated rings. The number of nitrogens with one attached hydrogen (secondary N) is 1. The predicted molar refractivity (Wildman–Crippen MR) is 87.5 cm³/mol. The molecule has 0 spiro atoms. The van der Waals surface area contributed by atoms with E-state index in [0.717, 1.165) is 12.1 Å². The zero-order valence-corrected chi connectivity index (χ0v) is 13.3. The summed E-state index contributed by atoms with van der Waals surface area (Å²) in [6, 6.07) is 7.58. The van der Waals surface area contributed by atoms with Crippen molar-refractivity contribution in [2.75, 3.05) is 25.5 Å². The third kappa shape index (κ3) is 4.70. The van der Waals surface area contributed by atoms with Crippen LogP contribution in [-0.4, -0.2) is 37.0 Å². The fraction of sp³-hybridized carbons (Fsp3) is 0.562. The molecule has 0 radical (unpaired) electrons. The number of likely N-dealkylation sites (N-methyl/N-ethyl adjacent to an activating group) is 1. The van der Waals surface area contributed by atoms with Crippen LogP contribution < -0.4 is 11.1 Å². The largest absolute Gasteiger partial charge is 0.330 e. The molecule has 0 saturated heterocycles. The van der Waals surface area contributed by atoms with Gasteiger partial charge in [0.25, 0.3) is 0 Å². The van der Waals surface area contributed by atoms with Gasteiger partial charge in [0, 0.05) is 16.8 Å². The summed E-state index contributed by atoms with van der Waals surface area (Å²) in [5.41, 5.74) is 6.64. The minimum Gasteiger partial charge on any atom is -0.330 e. The number of carbonyl (C=O) groups excluding carboxylic acids is 1. The Morgan fingerprint density at radius 3 is 2.67 bits per heavy atom. The molecular formula is C16H24ClN3O. The number of amides is 1. The van der Waals surface area contributed by atoms with Gasteiger partial charge in [0.2, 0.25) is 5.91 Å². The summed E-state index contributed by atoms with van der Waals surface area (Å²) in [6.07, 6.45) is 4.78. The summed E-state index contributed by atoms with van der Waals surface area (Å²) in [4.78, 5) is 14.3. The first kappa shape index (κ1) is 16.3. The van der Waals surface area contributed by atoms with Crippen LogP contribution in [0.15, 0.2) is 24.3 Å². The van der Waals surface area contributed by atoms with Crippen molar-refractivity contribution < 1.29 is 4.79 Å². The molecule has 2 atom stereocenters. The van der Waals surface area contributed by atoms with E-state index in [9.17, 15) is 4.79 Å². The Morgan fingerprint density at radius 2 is 2.00 bits per heavy atom. The van der Waals surface area contributed by atoms with Crippen molar-refractivity contribution in [1.82, 2.24) is 4.90 Å². The molecule has 21 heavy (non-hydrogen) atoms. The molecular weight excluding hydrogens is 286 g/mol. The molecule has 0 heterocycles. The number of nitrogens with two attached hydrogens (primary N) is 1. The number of anilines is 1. The molecule has 2 rings (SSSR count). The van der Waals surface area contributed by atoms with E-state index in [1.807, 2.05) is 19.2 Å². The fourth-order valence-corrected chi connectivity index (χ4v) is 3.25. The Kier molecular flexibility index (Phi) is 6.03. The molecule has 1 aliphatic rings. The van der Waals surface area contributed by atoms with E-state index in [-0.39, 0.29) is 5.91 Å². The van der Waals surface area contributed by atoms with Crippen LogP contribution in [-0.2, 0) is 4.79 Å². The standard InChI is InChI=1S/C16H24ClN3O/c1-20(15-5-3-2-4-12(15)10-18)11-16(21)19-14-8-6-13(17)7-9-14/h6-9,12,15H,2-5,10-11,18H2,1H3,(H,19,21). The topological polar surface area (TPSA) is 58.4 Å². The van der Waals surface area contributed by atoms with Crippen LogP contribution in [0.1, 0.15) is 25.7 Å². The lowest BCUT2D eigenvalue weighted by atomic mass is 9.84. The minimum absolute atomic E-state index is 0.00108. The molecule has 0 aliphatic heterocycles. The van der Waals surface area contributed by atoms with Gasteiger partial charge < -0.3 is 11.1 Å². The van der Waals surface area contributed by atoms with Gasteiger partial charge in [-0.25, -0.2) is 0 Å². The van der Waals surface area contributed by atoms with Crippen LogP contribution in [0.5, 0.6) is 0 Å². The zero-order chi connectivity index (χ0) is 15.2. The summed E-state index contributed by atoms with van der Waals surface area (Å²) in [6.45, 7) is 1.09. The van der Waals surface area contributed by atoms with E-state index in [1.54, 1.807) is 12.1 Å². The van der Waals surface area contributed by atoms with Crippen molar-refractivity contribution in [3.05, 3.63) is 29.3 Å². The van der Waals surface area contributed by atoms with Crippen molar-refractivity contribution in [1.29, 1.82) is 0 Å². The number of benzene rings is 1. The van der Waals surface area contributed by atoms with Gasteiger partial charge >= 0.3 is 0 Å². The minimum atomic E-state index is 0.00108. The summed E-state index contributed by atoms with van der Waals surface area (Å²) in [7, 11) is 2.01. The Morgan fingerprint density at radius 1 is 1.33 bits per heavy atom. The number of hydrogen-bond acceptors (Lipinski definition) is 3. The Balaban J connectivity index is 1.87. The quantitative estimate of drug-likeness (QED) is 0.879. The molecule has 0 bridgehead atoms. The van der Waals surface area contributed by atoms with Crippen molar-refractivity contribution in [2.24, 2.45) is 11.7 Å². The van der Waals surface area contributed by atoms with Crippen LogP contribution in [0.25, 0.3) is 0 Å². The number of rotatable bonds is 5. The van der Waals surface area contributed by atoms with Crippen LogP contribution in [0.2, 0.25) is 5.02 Å². The normalized spacial score (nSPS) is 22.3. The summed E-state index contributed by atoms with van der Waals surface area (Å²) in [5, 5.41) is 3.57. The monoisotopic (exact) mass is 309 g/mol. The number of halogens is 1. The van der Waals surface area contributed by atoms with Gasteiger partial charge in [-0.15, -0.1) is 0 Å². The van der Waals surface area contributed by atoms with E-state index in [1.165, 1.54) is 19.3 Å². The predicted octanol–water partition coefficient (Wildman–Crippen LogP) is 2.73. The van der Waals surface area contributed by atoms with Gasteiger partial charge in [-0.3, -0.25) is 9.69 Å². The zero-order valence-electron chi connectivity index (χ0n) is 12.5. The van der Waals surface area contributed by atoms with Crippen LogP contribution in [0.3, 0.4) is 0 Å². The fourth-order valence-electron chi connectivity index (χ4n) is 3.12. The maximum atomic E-state index is 12.1. The average molecular weight is 310 g/mol. The Labute approximate surface area is 131 Å². The molecule has 1 aromatic rings. The van der Waals surface area contributed by atoms with Crippen LogP contribution in [0.4, 0.5) is 5.69 Å².